The maximum absolute atomic E-state index is 5.09. The van der Waals surface area contributed by atoms with Gasteiger partial charge in [-0.1, -0.05) is 6.42 Å². The number of fused-ring (bicyclic) bond motifs is 4. The van der Waals surface area contributed by atoms with Crippen molar-refractivity contribution in [3.63, 3.8) is 0 Å². The molecular formula is C24H27N7S. The van der Waals surface area contributed by atoms with Gasteiger partial charge in [-0.05, 0) is 56.2 Å². The van der Waals surface area contributed by atoms with Crippen LogP contribution in [0.15, 0.2) is 24.5 Å². The van der Waals surface area contributed by atoms with Crippen LogP contribution in [0.5, 0.6) is 0 Å². The number of aromatic nitrogens is 6. The van der Waals surface area contributed by atoms with Gasteiger partial charge in [0.1, 0.15) is 16.5 Å². The van der Waals surface area contributed by atoms with Gasteiger partial charge in [-0.3, -0.25) is 4.98 Å². The van der Waals surface area contributed by atoms with Gasteiger partial charge in [-0.2, -0.15) is 0 Å². The lowest BCUT2D eigenvalue weighted by Crippen LogP contribution is -2.22. The summed E-state index contributed by atoms with van der Waals surface area (Å²) in [5.74, 6) is 3.90. The molecule has 5 heterocycles. The Hall–Kier alpha value is -2.87. The minimum Gasteiger partial charge on any atom is -0.351 e. The van der Waals surface area contributed by atoms with Crippen LogP contribution < -0.4 is 4.90 Å². The first-order valence-corrected chi connectivity index (χ1v) is 12.4. The highest BCUT2D eigenvalue weighted by atomic mass is 32.1. The average molecular weight is 446 g/mol. The minimum atomic E-state index is 0.691. The molecule has 6 rings (SSSR count). The molecule has 2 aliphatic rings. The molecule has 0 unspecified atom stereocenters. The Morgan fingerprint density at radius 2 is 1.94 bits per heavy atom. The van der Waals surface area contributed by atoms with Crippen LogP contribution in [0.4, 0.5) is 5.82 Å². The predicted molar refractivity (Wildman–Crippen MR) is 127 cm³/mol. The number of nitrogens with zero attached hydrogens (tertiary/aromatic N) is 7. The Bertz CT molecular complexity index is 1260. The van der Waals surface area contributed by atoms with Gasteiger partial charge in [0.15, 0.2) is 11.6 Å². The van der Waals surface area contributed by atoms with Crippen molar-refractivity contribution in [3.05, 3.63) is 46.6 Å². The summed E-state index contributed by atoms with van der Waals surface area (Å²) in [4.78, 5) is 19.2. The highest BCUT2D eigenvalue weighted by Crippen LogP contribution is 2.40. The van der Waals surface area contributed by atoms with Crippen LogP contribution in [0.25, 0.3) is 21.6 Å². The molecule has 32 heavy (non-hydrogen) atoms. The summed E-state index contributed by atoms with van der Waals surface area (Å²) in [6.45, 7) is 1.70. The van der Waals surface area contributed by atoms with E-state index in [2.05, 4.69) is 31.7 Å². The predicted octanol–water partition coefficient (Wildman–Crippen LogP) is 4.59. The van der Waals surface area contributed by atoms with Gasteiger partial charge in [-0.25, -0.2) is 9.97 Å². The van der Waals surface area contributed by atoms with Crippen molar-refractivity contribution < 1.29 is 0 Å². The minimum absolute atomic E-state index is 0.691. The number of anilines is 1. The third kappa shape index (κ3) is 3.46. The lowest BCUT2D eigenvalue weighted by atomic mass is 9.97. The molecular weight excluding hydrogens is 418 g/mol. The molecule has 4 aromatic heterocycles. The van der Waals surface area contributed by atoms with Crippen molar-refractivity contribution >= 4 is 27.4 Å². The zero-order valence-corrected chi connectivity index (χ0v) is 19.2. The van der Waals surface area contributed by atoms with Crippen LogP contribution in [0, 0.1) is 0 Å². The first kappa shape index (κ1) is 19.8. The standard InChI is InChI=1S/C24H27N7S/c1-30(15-20-29-28-19-11-3-2-6-13-31(19)20)23-21-17-9-4-5-10-18(17)32-24(21)27-22(26-23)16-8-7-12-25-14-16/h7-8,12,14H,2-6,9-11,13,15H2,1H3. The van der Waals surface area contributed by atoms with Crippen LogP contribution >= 0.6 is 11.3 Å². The molecule has 7 nitrogen and oxygen atoms in total. The molecule has 8 heteroatoms. The fraction of sp³-hybridized carbons (Fsp3) is 0.458. The Morgan fingerprint density at radius 3 is 2.84 bits per heavy atom. The maximum atomic E-state index is 5.09. The van der Waals surface area contributed by atoms with E-state index in [9.17, 15) is 0 Å². The molecule has 1 aliphatic carbocycles. The molecule has 0 atom stereocenters. The quantitative estimate of drug-likeness (QED) is 0.458. The third-order valence-corrected chi connectivity index (χ3v) is 7.83. The van der Waals surface area contributed by atoms with Crippen LogP contribution in [-0.4, -0.2) is 36.8 Å². The summed E-state index contributed by atoms with van der Waals surface area (Å²) in [6.07, 6.45) is 13.1. The first-order chi connectivity index (χ1) is 15.8. The van der Waals surface area contributed by atoms with Gasteiger partial charge in [-0.15, -0.1) is 21.5 Å². The van der Waals surface area contributed by atoms with E-state index in [1.165, 1.54) is 47.9 Å². The van der Waals surface area contributed by atoms with E-state index in [4.69, 9.17) is 9.97 Å². The van der Waals surface area contributed by atoms with Gasteiger partial charge in [0.05, 0.1) is 11.9 Å². The molecule has 0 fully saturated rings. The summed E-state index contributed by atoms with van der Waals surface area (Å²) in [5.41, 5.74) is 2.41. The van der Waals surface area contributed by atoms with E-state index in [-0.39, 0.29) is 0 Å². The topological polar surface area (TPSA) is 72.6 Å². The lowest BCUT2D eigenvalue weighted by Gasteiger charge is -2.21. The Morgan fingerprint density at radius 1 is 1.03 bits per heavy atom. The van der Waals surface area contributed by atoms with Crippen LogP contribution in [0.1, 0.15) is 54.2 Å². The molecule has 0 aromatic carbocycles. The summed E-state index contributed by atoms with van der Waals surface area (Å²) < 4.78 is 2.33. The van der Waals surface area contributed by atoms with Crippen LogP contribution in [0.2, 0.25) is 0 Å². The molecule has 0 saturated carbocycles. The highest BCUT2D eigenvalue weighted by Gasteiger charge is 2.24. The fourth-order valence-corrected chi connectivity index (χ4v) is 6.24. The molecule has 0 radical (unpaired) electrons. The smallest absolute Gasteiger partial charge is 0.164 e. The molecule has 0 bridgehead atoms. The monoisotopic (exact) mass is 445 g/mol. The Balaban J connectivity index is 1.45. The molecule has 1 aliphatic heterocycles. The summed E-state index contributed by atoms with van der Waals surface area (Å²) >= 11 is 1.84. The largest absolute Gasteiger partial charge is 0.351 e. The van der Waals surface area contributed by atoms with Gasteiger partial charge >= 0.3 is 0 Å². The van der Waals surface area contributed by atoms with Crippen molar-refractivity contribution in [2.24, 2.45) is 0 Å². The summed E-state index contributed by atoms with van der Waals surface area (Å²) in [7, 11) is 2.13. The van der Waals surface area contributed by atoms with E-state index < -0.39 is 0 Å². The van der Waals surface area contributed by atoms with Crippen LogP contribution in [0.3, 0.4) is 0 Å². The number of pyridine rings is 1. The summed E-state index contributed by atoms with van der Waals surface area (Å²) in [6, 6.07) is 3.97. The molecule has 0 saturated heterocycles. The third-order valence-electron chi connectivity index (χ3n) is 6.64. The lowest BCUT2D eigenvalue weighted by molar-refractivity contribution is 0.601. The number of aryl methyl sites for hydroxylation is 3. The maximum Gasteiger partial charge on any atom is 0.164 e. The first-order valence-electron chi connectivity index (χ1n) is 11.6. The van der Waals surface area contributed by atoms with Crippen LogP contribution in [-0.2, 0) is 32.4 Å². The summed E-state index contributed by atoms with van der Waals surface area (Å²) in [5, 5.41) is 10.3. The van der Waals surface area contributed by atoms with Crippen molar-refractivity contribution in [2.75, 3.05) is 11.9 Å². The van der Waals surface area contributed by atoms with Crippen molar-refractivity contribution in [2.45, 2.75) is 64.5 Å². The van der Waals surface area contributed by atoms with E-state index in [1.807, 2.05) is 29.7 Å². The second-order valence-corrected chi connectivity index (χ2v) is 9.94. The van der Waals surface area contributed by atoms with E-state index in [0.717, 1.165) is 59.5 Å². The molecule has 0 N–H and O–H groups in total. The zero-order valence-electron chi connectivity index (χ0n) is 18.4. The second kappa shape index (κ2) is 8.24. The van der Waals surface area contributed by atoms with Crippen molar-refractivity contribution in [3.8, 4) is 11.4 Å². The van der Waals surface area contributed by atoms with E-state index in [0.29, 0.717) is 6.54 Å². The number of hydrogen-bond acceptors (Lipinski definition) is 7. The highest BCUT2D eigenvalue weighted by molar-refractivity contribution is 7.19. The number of rotatable bonds is 4. The molecule has 164 valence electrons. The second-order valence-electron chi connectivity index (χ2n) is 8.85. The Labute approximate surface area is 191 Å². The van der Waals surface area contributed by atoms with Gasteiger partial charge in [0, 0.05) is 42.8 Å². The fourth-order valence-electron chi connectivity index (χ4n) is 4.99. The molecule has 0 amide bonds. The van der Waals surface area contributed by atoms with Crippen molar-refractivity contribution in [1.82, 2.24) is 29.7 Å². The number of thiophene rings is 1. The van der Waals surface area contributed by atoms with E-state index >= 15 is 0 Å². The zero-order chi connectivity index (χ0) is 21.5. The van der Waals surface area contributed by atoms with Crippen molar-refractivity contribution in [1.29, 1.82) is 0 Å². The van der Waals surface area contributed by atoms with Gasteiger partial charge in [0.25, 0.3) is 0 Å². The average Bonchev–Trinajstić information content (AvgIpc) is 3.30. The Kier molecular flexibility index (Phi) is 5.09. The molecule has 0 spiro atoms. The van der Waals surface area contributed by atoms with Gasteiger partial charge < -0.3 is 9.47 Å². The SMILES string of the molecule is CN(Cc1nnc2n1CCCCC2)c1nc(-c2cccnc2)nc2sc3c(c12)CCCC3. The van der Waals surface area contributed by atoms with Gasteiger partial charge in [0.2, 0.25) is 0 Å². The molecule has 4 aromatic rings. The van der Waals surface area contributed by atoms with E-state index in [1.54, 1.807) is 6.20 Å². The number of hydrogen-bond donors (Lipinski definition) is 0. The normalized spacial score (nSPS) is 15.9.